The minimum atomic E-state index is -0.369. The predicted octanol–water partition coefficient (Wildman–Crippen LogP) is 18.8. The highest BCUT2D eigenvalue weighted by molar-refractivity contribution is 9.10. The number of hydrogen-bond acceptors (Lipinski definition) is 0. The van der Waals surface area contributed by atoms with Crippen molar-refractivity contribution in [2.75, 3.05) is 0 Å². The van der Waals surface area contributed by atoms with E-state index >= 15 is 0 Å². The lowest BCUT2D eigenvalue weighted by molar-refractivity contribution is 0.555. The molecule has 0 fully saturated rings. The third kappa shape index (κ3) is 18.8. The molecule has 0 nitrogen and oxygen atoms in total. The molecule has 3 aromatic rings. The summed E-state index contributed by atoms with van der Waals surface area (Å²) >= 11 is 4.67. The first-order valence-corrected chi connectivity index (χ1v) is 25.4. The van der Waals surface area contributed by atoms with Crippen LogP contribution in [-0.2, 0) is 23.6 Å². The standard InChI is InChI=1S/C55H87Br/c1-4-7-10-13-16-19-22-25-28-31-40-49-43-34-37-46-52(49)55(56,53-47-38-35-44-50(53)41-32-29-26-23-20-17-14-11-8-5-2)54-48-39-36-45-51(54)42-33-30-27-24-21-18-15-12-9-6-3/h34-39,43-48H,4-33,40-42H2,1-3H3. The zero-order valence-corrected chi connectivity index (χ0v) is 38.7. The van der Waals surface area contributed by atoms with Crippen LogP contribution in [0.4, 0.5) is 0 Å². The second-order valence-corrected chi connectivity index (χ2v) is 18.6. The van der Waals surface area contributed by atoms with Crippen LogP contribution in [0.3, 0.4) is 0 Å². The first-order valence-electron chi connectivity index (χ1n) is 24.6. The molecule has 0 bridgehead atoms. The van der Waals surface area contributed by atoms with Gasteiger partial charge in [0.05, 0.1) is 0 Å². The summed E-state index contributed by atoms with van der Waals surface area (Å²) in [5, 5.41) is 0. The van der Waals surface area contributed by atoms with E-state index in [9.17, 15) is 0 Å². The van der Waals surface area contributed by atoms with Crippen molar-refractivity contribution in [1.29, 1.82) is 0 Å². The largest absolute Gasteiger partial charge is 0.101 e. The summed E-state index contributed by atoms with van der Waals surface area (Å²) in [6.45, 7) is 6.94. The van der Waals surface area contributed by atoms with E-state index < -0.39 is 0 Å². The van der Waals surface area contributed by atoms with Gasteiger partial charge in [-0.1, -0.05) is 283 Å². The molecule has 0 saturated heterocycles. The average Bonchev–Trinajstić information content (AvgIpc) is 3.23. The van der Waals surface area contributed by atoms with Crippen molar-refractivity contribution >= 4 is 15.9 Å². The number of hydrogen-bond donors (Lipinski definition) is 0. The van der Waals surface area contributed by atoms with Crippen molar-refractivity contribution in [1.82, 2.24) is 0 Å². The SMILES string of the molecule is CCCCCCCCCCCCc1ccccc1C(Br)(c1ccccc1CCCCCCCCCCCC)c1ccccc1CCCCCCCCCCCC. The summed E-state index contributed by atoms with van der Waals surface area (Å²) in [4.78, 5) is 0. The maximum absolute atomic E-state index is 4.67. The van der Waals surface area contributed by atoms with Gasteiger partial charge in [-0.3, -0.25) is 0 Å². The van der Waals surface area contributed by atoms with Crippen LogP contribution in [0.25, 0.3) is 0 Å². The maximum Gasteiger partial charge on any atom is 0.101 e. The third-order valence-corrected chi connectivity index (χ3v) is 13.8. The van der Waals surface area contributed by atoms with Crippen molar-refractivity contribution in [2.45, 2.75) is 237 Å². The summed E-state index contributed by atoms with van der Waals surface area (Å²) in [5.41, 5.74) is 8.94. The molecule has 0 saturated carbocycles. The van der Waals surface area contributed by atoms with E-state index in [1.165, 1.54) is 226 Å². The summed E-state index contributed by atoms with van der Waals surface area (Å²) < 4.78 is -0.369. The fourth-order valence-corrected chi connectivity index (χ4v) is 10.2. The molecule has 314 valence electrons. The van der Waals surface area contributed by atoms with Gasteiger partial charge in [-0.05, 0) is 71.9 Å². The van der Waals surface area contributed by atoms with Crippen molar-refractivity contribution < 1.29 is 0 Å². The lowest BCUT2D eigenvalue weighted by Gasteiger charge is -2.35. The van der Waals surface area contributed by atoms with Gasteiger partial charge < -0.3 is 0 Å². The third-order valence-electron chi connectivity index (χ3n) is 12.6. The Hall–Kier alpha value is -1.86. The zero-order chi connectivity index (χ0) is 39.8. The van der Waals surface area contributed by atoms with Crippen molar-refractivity contribution in [3.8, 4) is 0 Å². The van der Waals surface area contributed by atoms with Gasteiger partial charge in [0.1, 0.15) is 4.32 Å². The van der Waals surface area contributed by atoms with E-state index in [2.05, 4.69) is 109 Å². The van der Waals surface area contributed by atoms with Gasteiger partial charge >= 0.3 is 0 Å². The van der Waals surface area contributed by atoms with Crippen molar-refractivity contribution in [3.63, 3.8) is 0 Å². The highest BCUT2D eigenvalue weighted by Crippen LogP contribution is 2.49. The fourth-order valence-electron chi connectivity index (χ4n) is 9.07. The molecule has 0 aliphatic rings. The zero-order valence-electron chi connectivity index (χ0n) is 37.1. The maximum atomic E-state index is 4.67. The van der Waals surface area contributed by atoms with Crippen LogP contribution < -0.4 is 0 Å². The van der Waals surface area contributed by atoms with Gasteiger partial charge in [-0.25, -0.2) is 0 Å². The quantitative estimate of drug-likeness (QED) is 0.0311. The highest BCUT2D eigenvalue weighted by atomic mass is 79.9. The molecule has 0 N–H and O–H groups in total. The summed E-state index contributed by atoms with van der Waals surface area (Å²) in [6, 6.07) is 28.4. The van der Waals surface area contributed by atoms with Gasteiger partial charge in [0, 0.05) is 0 Å². The van der Waals surface area contributed by atoms with Crippen LogP contribution in [0.2, 0.25) is 0 Å². The van der Waals surface area contributed by atoms with E-state index in [0.29, 0.717) is 0 Å². The molecule has 0 amide bonds. The van der Waals surface area contributed by atoms with Gasteiger partial charge in [-0.15, -0.1) is 0 Å². The predicted molar refractivity (Wildman–Crippen MR) is 255 cm³/mol. The first kappa shape index (κ1) is 48.5. The van der Waals surface area contributed by atoms with Gasteiger partial charge in [0.25, 0.3) is 0 Å². The minimum absolute atomic E-state index is 0.369. The Balaban J connectivity index is 1.76. The molecule has 0 unspecified atom stereocenters. The number of unbranched alkanes of at least 4 members (excludes halogenated alkanes) is 27. The lowest BCUT2D eigenvalue weighted by atomic mass is 9.77. The molecule has 3 rings (SSSR count). The second-order valence-electron chi connectivity index (χ2n) is 17.4. The van der Waals surface area contributed by atoms with E-state index in [0.717, 1.165) is 19.3 Å². The molecule has 0 aliphatic carbocycles. The lowest BCUT2D eigenvalue weighted by Crippen LogP contribution is -2.27. The highest BCUT2D eigenvalue weighted by Gasteiger charge is 2.38. The van der Waals surface area contributed by atoms with Crippen LogP contribution >= 0.6 is 15.9 Å². The van der Waals surface area contributed by atoms with Crippen LogP contribution in [0.15, 0.2) is 72.8 Å². The fraction of sp³-hybridized carbons (Fsp3) is 0.673. The summed E-state index contributed by atoms with van der Waals surface area (Å²) in [7, 11) is 0. The van der Waals surface area contributed by atoms with Crippen molar-refractivity contribution in [2.24, 2.45) is 0 Å². The van der Waals surface area contributed by atoms with E-state index in [4.69, 9.17) is 0 Å². The molecule has 0 spiro atoms. The van der Waals surface area contributed by atoms with Gasteiger partial charge in [0.2, 0.25) is 0 Å². The van der Waals surface area contributed by atoms with Gasteiger partial charge in [0.15, 0.2) is 0 Å². The normalized spacial score (nSPS) is 11.8. The molecule has 0 atom stereocenters. The van der Waals surface area contributed by atoms with Crippen LogP contribution in [0.5, 0.6) is 0 Å². The van der Waals surface area contributed by atoms with Gasteiger partial charge in [-0.2, -0.15) is 0 Å². The smallest absolute Gasteiger partial charge is 0.0695 e. The Morgan fingerprint density at radius 1 is 0.286 bits per heavy atom. The Labute approximate surface area is 357 Å². The molecule has 0 heterocycles. The Morgan fingerprint density at radius 2 is 0.482 bits per heavy atom. The second kappa shape index (κ2) is 32.0. The van der Waals surface area contributed by atoms with E-state index in [1.807, 2.05) is 0 Å². The van der Waals surface area contributed by atoms with Crippen molar-refractivity contribution in [3.05, 3.63) is 106 Å². The molecule has 0 aliphatic heterocycles. The topological polar surface area (TPSA) is 0 Å². The van der Waals surface area contributed by atoms with Crippen LogP contribution in [0, 0.1) is 0 Å². The Morgan fingerprint density at radius 3 is 0.714 bits per heavy atom. The molecule has 1 heteroatoms. The number of rotatable bonds is 36. The Kier molecular flexibility index (Phi) is 27.8. The minimum Gasteiger partial charge on any atom is -0.0695 e. The summed E-state index contributed by atoms with van der Waals surface area (Å²) in [6.07, 6.45) is 44.9. The monoisotopic (exact) mass is 827 g/mol. The number of halogens is 1. The molecule has 56 heavy (non-hydrogen) atoms. The number of aryl methyl sites for hydroxylation is 3. The van der Waals surface area contributed by atoms with Crippen LogP contribution in [-0.4, -0.2) is 0 Å². The molecule has 0 aromatic heterocycles. The average molecular weight is 828 g/mol. The first-order chi connectivity index (χ1) is 27.7. The molecule has 3 aromatic carbocycles. The van der Waals surface area contributed by atoms with E-state index in [-0.39, 0.29) is 4.32 Å². The summed E-state index contributed by atoms with van der Waals surface area (Å²) in [5.74, 6) is 0. The molecular weight excluding hydrogens is 741 g/mol. The molecular formula is C55H87Br. The number of alkyl halides is 1. The number of benzene rings is 3. The Bertz CT molecular complexity index is 1190. The van der Waals surface area contributed by atoms with E-state index in [1.54, 1.807) is 0 Å². The van der Waals surface area contributed by atoms with Crippen LogP contribution in [0.1, 0.15) is 247 Å². The molecule has 0 radical (unpaired) electrons.